The fourth-order valence-corrected chi connectivity index (χ4v) is 3.20. The monoisotopic (exact) mass is 261 g/mol. The molecule has 0 spiro atoms. The normalized spacial score (nSPS) is 26.1. The molecule has 0 heterocycles. The lowest BCUT2D eigenvalue weighted by atomic mass is 9.60. The molecule has 1 aliphatic carbocycles. The number of para-hydroxylation sites is 1. The zero-order valence-electron chi connectivity index (χ0n) is 12.5. The molecule has 2 N–H and O–H groups in total. The molecule has 2 heteroatoms. The average molecular weight is 261 g/mol. The molecular weight excluding hydrogens is 234 g/mol. The van der Waals surface area contributed by atoms with Gasteiger partial charge in [0.1, 0.15) is 5.75 Å². The molecule has 0 aromatic heterocycles. The van der Waals surface area contributed by atoms with Gasteiger partial charge in [0.15, 0.2) is 0 Å². The van der Waals surface area contributed by atoms with Gasteiger partial charge in [0.2, 0.25) is 0 Å². The van der Waals surface area contributed by atoms with Crippen molar-refractivity contribution in [2.45, 2.75) is 58.4 Å². The van der Waals surface area contributed by atoms with E-state index in [4.69, 9.17) is 10.5 Å². The molecule has 0 radical (unpaired) electrons. The SMILES string of the molecule is CCCOc1ccccc1C1(N)CCCCC1(C)C. The first-order valence-electron chi connectivity index (χ1n) is 7.52. The van der Waals surface area contributed by atoms with E-state index in [1.165, 1.54) is 24.8 Å². The van der Waals surface area contributed by atoms with Crippen molar-refractivity contribution >= 4 is 0 Å². The van der Waals surface area contributed by atoms with Crippen LogP contribution < -0.4 is 10.5 Å². The lowest BCUT2D eigenvalue weighted by Crippen LogP contribution is -2.52. The van der Waals surface area contributed by atoms with E-state index in [1.807, 2.05) is 6.07 Å². The average Bonchev–Trinajstić information content (AvgIpc) is 2.40. The third kappa shape index (κ3) is 2.64. The number of ether oxygens (including phenoxy) is 1. The summed E-state index contributed by atoms with van der Waals surface area (Å²) in [6, 6.07) is 8.32. The van der Waals surface area contributed by atoms with E-state index in [9.17, 15) is 0 Å². The van der Waals surface area contributed by atoms with E-state index < -0.39 is 0 Å². The molecule has 1 aliphatic rings. The van der Waals surface area contributed by atoms with E-state index in [0.717, 1.165) is 25.2 Å². The first kappa shape index (κ1) is 14.4. The van der Waals surface area contributed by atoms with Gasteiger partial charge in [-0.1, -0.05) is 51.8 Å². The summed E-state index contributed by atoms with van der Waals surface area (Å²) in [7, 11) is 0. The molecule has 0 aliphatic heterocycles. The third-order valence-corrected chi connectivity index (χ3v) is 4.66. The van der Waals surface area contributed by atoms with Crippen molar-refractivity contribution in [2.75, 3.05) is 6.61 Å². The fourth-order valence-electron chi connectivity index (χ4n) is 3.20. The highest BCUT2D eigenvalue weighted by atomic mass is 16.5. The zero-order valence-corrected chi connectivity index (χ0v) is 12.5. The van der Waals surface area contributed by atoms with E-state index in [1.54, 1.807) is 0 Å². The molecule has 1 atom stereocenters. The summed E-state index contributed by atoms with van der Waals surface area (Å²) in [6.07, 6.45) is 5.75. The molecule has 0 bridgehead atoms. The van der Waals surface area contributed by atoms with Crippen LogP contribution >= 0.6 is 0 Å². The molecule has 1 fully saturated rings. The molecule has 19 heavy (non-hydrogen) atoms. The van der Waals surface area contributed by atoms with Crippen molar-refractivity contribution in [2.24, 2.45) is 11.1 Å². The largest absolute Gasteiger partial charge is 0.493 e. The summed E-state index contributed by atoms with van der Waals surface area (Å²) in [5, 5.41) is 0. The maximum absolute atomic E-state index is 6.85. The summed E-state index contributed by atoms with van der Waals surface area (Å²) < 4.78 is 5.92. The Morgan fingerprint density at radius 1 is 1.16 bits per heavy atom. The number of nitrogens with two attached hydrogens (primary N) is 1. The molecule has 1 unspecified atom stereocenters. The lowest BCUT2D eigenvalue weighted by molar-refractivity contribution is 0.0942. The zero-order chi connectivity index (χ0) is 13.9. The Kier molecular flexibility index (Phi) is 4.19. The van der Waals surface area contributed by atoms with Crippen LogP contribution in [0.1, 0.15) is 58.4 Å². The van der Waals surface area contributed by atoms with Crippen LogP contribution in [0.4, 0.5) is 0 Å². The van der Waals surface area contributed by atoms with Gasteiger partial charge in [0, 0.05) is 11.1 Å². The van der Waals surface area contributed by atoms with Gasteiger partial charge in [0.05, 0.1) is 6.61 Å². The highest BCUT2D eigenvalue weighted by Gasteiger charge is 2.46. The highest BCUT2D eigenvalue weighted by Crippen LogP contribution is 2.50. The predicted octanol–water partition coefficient (Wildman–Crippen LogP) is 4.23. The third-order valence-electron chi connectivity index (χ3n) is 4.66. The smallest absolute Gasteiger partial charge is 0.124 e. The Morgan fingerprint density at radius 2 is 1.84 bits per heavy atom. The van der Waals surface area contributed by atoms with Crippen molar-refractivity contribution in [1.82, 2.24) is 0 Å². The van der Waals surface area contributed by atoms with Gasteiger partial charge in [-0.15, -0.1) is 0 Å². The minimum atomic E-state index is -0.268. The van der Waals surface area contributed by atoms with Crippen LogP contribution in [-0.4, -0.2) is 6.61 Å². The van der Waals surface area contributed by atoms with E-state index in [2.05, 4.69) is 39.0 Å². The first-order chi connectivity index (χ1) is 9.01. The van der Waals surface area contributed by atoms with Crippen molar-refractivity contribution < 1.29 is 4.74 Å². The van der Waals surface area contributed by atoms with E-state index in [-0.39, 0.29) is 11.0 Å². The van der Waals surface area contributed by atoms with Crippen LogP contribution in [0, 0.1) is 5.41 Å². The Morgan fingerprint density at radius 3 is 2.53 bits per heavy atom. The van der Waals surface area contributed by atoms with E-state index in [0.29, 0.717) is 0 Å². The van der Waals surface area contributed by atoms with Crippen LogP contribution in [0.5, 0.6) is 5.75 Å². The van der Waals surface area contributed by atoms with Gasteiger partial charge in [0.25, 0.3) is 0 Å². The Bertz CT molecular complexity index is 427. The number of hydrogen-bond acceptors (Lipinski definition) is 2. The van der Waals surface area contributed by atoms with Crippen molar-refractivity contribution in [3.05, 3.63) is 29.8 Å². The van der Waals surface area contributed by atoms with Crippen LogP contribution in [-0.2, 0) is 5.54 Å². The minimum absolute atomic E-state index is 0.122. The van der Waals surface area contributed by atoms with Gasteiger partial charge in [-0.3, -0.25) is 0 Å². The van der Waals surface area contributed by atoms with E-state index >= 15 is 0 Å². The molecule has 1 aromatic carbocycles. The lowest BCUT2D eigenvalue weighted by Gasteiger charge is -2.48. The molecule has 106 valence electrons. The predicted molar refractivity (Wildman–Crippen MR) is 80.3 cm³/mol. The number of rotatable bonds is 4. The molecule has 1 aromatic rings. The number of benzene rings is 1. The second kappa shape index (κ2) is 5.54. The van der Waals surface area contributed by atoms with Crippen molar-refractivity contribution in [1.29, 1.82) is 0 Å². The van der Waals surface area contributed by atoms with Gasteiger partial charge < -0.3 is 10.5 Å². The topological polar surface area (TPSA) is 35.2 Å². The van der Waals surface area contributed by atoms with Gasteiger partial charge in [-0.25, -0.2) is 0 Å². The minimum Gasteiger partial charge on any atom is -0.493 e. The maximum Gasteiger partial charge on any atom is 0.124 e. The molecule has 0 amide bonds. The Balaban J connectivity index is 2.38. The Labute approximate surface area is 117 Å². The second-order valence-electron chi connectivity index (χ2n) is 6.41. The maximum atomic E-state index is 6.85. The van der Waals surface area contributed by atoms with Crippen LogP contribution in [0.25, 0.3) is 0 Å². The fraction of sp³-hybridized carbons (Fsp3) is 0.647. The molecule has 2 rings (SSSR count). The Hall–Kier alpha value is -1.02. The molecule has 1 saturated carbocycles. The summed E-state index contributed by atoms with van der Waals surface area (Å²) in [6.45, 7) is 7.48. The van der Waals surface area contributed by atoms with Crippen molar-refractivity contribution in [3.8, 4) is 5.75 Å². The summed E-state index contributed by atoms with van der Waals surface area (Å²) in [5.41, 5.74) is 7.89. The van der Waals surface area contributed by atoms with Gasteiger partial charge in [-0.05, 0) is 30.7 Å². The summed E-state index contributed by atoms with van der Waals surface area (Å²) >= 11 is 0. The standard InChI is InChI=1S/C17H27NO/c1-4-13-19-15-10-6-5-9-14(15)17(18)12-8-7-11-16(17,2)3/h5-6,9-10H,4,7-8,11-13,18H2,1-3H3. The van der Waals surface area contributed by atoms with Crippen LogP contribution in [0.2, 0.25) is 0 Å². The van der Waals surface area contributed by atoms with Gasteiger partial charge >= 0.3 is 0 Å². The second-order valence-corrected chi connectivity index (χ2v) is 6.41. The van der Waals surface area contributed by atoms with Gasteiger partial charge in [-0.2, -0.15) is 0 Å². The molecular formula is C17H27NO. The first-order valence-corrected chi connectivity index (χ1v) is 7.52. The number of hydrogen-bond donors (Lipinski definition) is 1. The quantitative estimate of drug-likeness (QED) is 0.880. The summed E-state index contributed by atoms with van der Waals surface area (Å²) in [5.74, 6) is 0.974. The molecule has 0 saturated heterocycles. The molecule has 2 nitrogen and oxygen atoms in total. The van der Waals surface area contributed by atoms with Crippen LogP contribution in [0.3, 0.4) is 0 Å². The highest BCUT2D eigenvalue weighted by molar-refractivity contribution is 5.40. The van der Waals surface area contributed by atoms with Crippen LogP contribution in [0.15, 0.2) is 24.3 Å². The van der Waals surface area contributed by atoms with Crippen molar-refractivity contribution in [3.63, 3.8) is 0 Å². The summed E-state index contributed by atoms with van der Waals surface area (Å²) in [4.78, 5) is 0.